The molecular weight excluding hydrogens is 280 g/mol. The number of nitrogens with one attached hydrogen (secondary N) is 2. The molecule has 0 bridgehead atoms. The van der Waals surface area contributed by atoms with E-state index >= 15 is 0 Å². The number of nitrogens with zero attached hydrogens (tertiary/aromatic N) is 2. The van der Waals surface area contributed by atoms with Gasteiger partial charge in [0.05, 0.1) is 17.5 Å². The lowest BCUT2D eigenvalue weighted by atomic mass is 9.89. The molecule has 1 aromatic heterocycles. The van der Waals surface area contributed by atoms with Gasteiger partial charge in [0, 0.05) is 18.9 Å². The van der Waals surface area contributed by atoms with Gasteiger partial charge < -0.3 is 15.7 Å². The van der Waals surface area contributed by atoms with Gasteiger partial charge in [0.2, 0.25) is 0 Å². The maximum Gasteiger partial charge on any atom is 0.319 e. The number of carbonyl (C=O) groups excluding carboxylic acids is 1. The van der Waals surface area contributed by atoms with Crippen molar-refractivity contribution in [3.63, 3.8) is 0 Å². The molecule has 1 unspecified atom stereocenters. The first-order valence-electron chi connectivity index (χ1n) is 7.20. The van der Waals surface area contributed by atoms with Gasteiger partial charge in [0.1, 0.15) is 0 Å². The van der Waals surface area contributed by atoms with Gasteiger partial charge >= 0.3 is 6.03 Å². The van der Waals surface area contributed by atoms with Crippen LogP contribution in [0.5, 0.6) is 0 Å². The van der Waals surface area contributed by atoms with Gasteiger partial charge in [-0.15, -0.1) is 0 Å². The van der Waals surface area contributed by atoms with Gasteiger partial charge in [0.25, 0.3) is 0 Å². The van der Waals surface area contributed by atoms with Crippen molar-refractivity contribution in [3.8, 4) is 5.69 Å². The van der Waals surface area contributed by atoms with E-state index in [-0.39, 0.29) is 18.0 Å². The Bertz CT molecular complexity index is 617. The number of anilines is 1. The summed E-state index contributed by atoms with van der Waals surface area (Å²) in [6.07, 6.45) is 2.87. The molecule has 0 aliphatic carbocycles. The quantitative estimate of drug-likeness (QED) is 0.811. The third-order valence-corrected chi connectivity index (χ3v) is 3.36. The van der Waals surface area contributed by atoms with Crippen LogP contribution in [0, 0.1) is 5.41 Å². The molecule has 0 fully saturated rings. The predicted octanol–water partition coefficient (Wildman–Crippen LogP) is 2.40. The molecule has 2 amide bonds. The monoisotopic (exact) mass is 302 g/mol. The summed E-state index contributed by atoms with van der Waals surface area (Å²) in [5, 5.41) is 19.6. The second kappa shape index (κ2) is 6.62. The van der Waals surface area contributed by atoms with Gasteiger partial charge in [-0.3, -0.25) is 0 Å². The molecule has 2 rings (SSSR count). The lowest BCUT2D eigenvalue weighted by molar-refractivity contribution is 0.0654. The van der Waals surface area contributed by atoms with E-state index in [1.165, 1.54) is 0 Å². The van der Waals surface area contributed by atoms with Crippen molar-refractivity contribution in [2.75, 3.05) is 11.9 Å². The highest BCUT2D eigenvalue weighted by Gasteiger charge is 2.22. The number of carbonyl (C=O) groups is 1. The van der Waals surface area contributed by atoms with E-state index in [4.69, 9.17) is 0 Å². The fourth-order valence-electron chi connectivity index (χ4n) is 1.85. The molecule has 2 aromatic rings. The molecular formula is C16H22N4O2. The highest BCUT2D eigenvalue weighted by atomic mass is 16.3. The Morgan fingerprint density at radius 1 is 1.32 bits per heavy atom. The summed E-state index contributed by atoms with van der Waals surface area (Å²) in [5.41, 5.74) is 1.15. The number of aliphatic hydroxyl groups is 1. The number of benzene rings is 1. The second-order valence-corrected chi connectivity index (χ2v) is 6.18. The molecule has 1 aromatic carbocycles. The lowest BCUT2D eigenvalue weighted by Gasteiger charge is -2.26. The van der Waals surface area contributed by atoms with Crippen LogP contribution in [0.2, 0.25) is 0 Å². The van der Waals surface area contributed by atoms with Crippen molar-refractivity contribution in [2.24, 2.45) is 5.41 Å². The molecule has 0 radical (unpaired) electrons. The minimum Gasteiger partial charge on any atom is -0.391 e. The first-order valence-corrected chi connectivity index (χ1v) is 7.20. The number of urea groups is 1. The normalized spacial score (nSPS) is 12.7. The van der Waals surface area contributed by atoms with Crippen LogP contribution in [0.3, 0.4) is 0 Å². The van der Waals surface area contributed by atoms with Crippen LogP contribution in [0.15, 0.2) is 42.7 Å². The zero-order chi connectivity index (χ0) is 16.2. The molecule has 1 heterocycles. The number of hydrogen-bond donors (Lipinski definition) is 3. The Morgan fingerprint density at radius 3 is 2.68 bits per heavy atom. The number of para-hydroxylation sites is 2. The standard InChI is InChI=1S/C16H22N4O2/c1-16(2,3)14(21)11-17-15(22)19-12-7-4-5-8-13(12)20-10-6-9-18-20/h4-10,14,21H,11H2,1-3H3,(H2,17,19,22). The van der Waals surface area contributed by atoms with E-state index in [0.29, 0.717) is 5.69 Å². The third-order valence-electron chi connectivity index (χ3n) is 3.36. The van der Waals surface area contributed by atoms with E-state index in [1.54, 1.807) is 16.9 Å². The number of hydrogen-bond acceptors (Lipinski definition) is 3. The Balaban J connectivity index is 2.01. The average Bonchev–Trinajstić information content (AvgIpc) is 2.98. The molecule has 6 heteroatoms. The topological polar surface area (TPSA) is 79.2 Å². The Kier molecular flexibility index (Phi) is 4.82. The number of rotatable bonds is 4. The lowest BCUT2D eigenvalue weighted by Crippen LogP contribution is -2.41. The summed E-state index contributed by atoms with van der Waals surface area (Å²) in [6, 6.07) is 8.85. The van der Waals surface area contributed by atoms with Crippen LogP contribution in [-0.2, 0) is 0 Å². The minimum absolute atomic E-state index is 0.194. The molecule has 6 nitrogen and oxygen atoms in total. The maximum atomic E-state index is 12.0. The average molecular weight is 302 g/mol. The first-order chi connectivity index (χ1) is 10.4. The second-order valence-electron chi connectivity index (χ2n) is 6.18. The molecule has 0 saturated carbocycles. The Morgan fingerprint density at radius 2 is 2.05 bits per heavy atom. The van der Waals surface area contributed by atoms with E-state index in [9.17, 15) is 9.90 Å². The van der Waals surface area contributed by atoms with Gasteiger partial charge in [-0.1, -0.05) is 32.9 Å². The first kappa shape index (κ1) is 16.0. The summed E-state index contributed by atoms with van der Waals surface area (Å²) in [7, 11) is 0. The van der Waals surface area contributed by atoms with Crippen molar-refractivity contribution in [3.05, 3.63) is 42.7 Å². The Hall–Kier alpha value is -2.34. The molecule has 0 saturated heterocycles. The van der Waals surface area contributed by atoms with Gasteiger partial charge in [-0.05, 0) is 23.6 Å². The van der Waals surface area contributed by atoms with Crippen molar-refractivity contribution in [2.45, 2.75) is 26.9 Å². The molecule has 1 atom stereocenters. The summed E-state index contributed by atoms with van der Waals surface area (Å²) in [6.45, 7) is 5.96. The van der Waals surface area contributed by atoms with Gasteiger partial charge in [-0.2, -0.15) is 5.10 Å². The fourth-order valence-corrected chi connectivity index (χ4v) is 1.85. The van der Waals surface area contributed by atoms with Crippen LogP contribution in [0.1, 0.15) is 20.8 Å². The van der Waals surface area contributed by atoms with E-state index in [1.807, 2.05) is 51.2 Å². The fraction of sp³-hybridized carbons (Fsp3) is 0.375. The van der Waals surface area contributed by atoms with Crippen molar-refractivity contribution in [1.29, 1.82) is 0 Å². The number of aromatic nitrogens is 2. The molecule has 0 aliphatic rings. The van der Waals surface area contributed by atoms with Crippen LogP contribution in [-0.4, -0.2) is 33.6 Å². The SMILES string of the molecule is CC(C)(C)C(O)CNC(=O)Nc1ccccc1-n1cccn1. The summed E-state index contributed by atoms with van der Waals surface area (Å²) >= 11 is 0. The van der Waals surface area contributed by atoms with E-state index < -0.39 is 6.10 Å². The van der Waals surface area contributed by atoms with E-state index in [2.05, 4.69) is 15.7 Å². The van der Waals surface area contributed by atoms with Crippen LogP contribution >= 0.6 is 0 Å². The zero-order valence-electron chi connectivity index (χ0n) is 13.1. The molecule has 0 spiro atoms. The predicted molar refractivity (Wildman–Crippen MR) is 86.0 cm³/mol. The van der Waals surface area contributed by atoms with Crippen molar-refractivity contribution in [1.82, 2.24) is 15.1 Å². The highest BCUT2D eigenvalue weighted by molar-refractivity contribution is 5.91. The van der Waals surface area contributed by atoms with Crippen molar-refractivity contribution >= 4 is 11.7 Å². The molecule has 3 N–H and O–H groups in total. The summed E-state index contributed by atoms with van der Waals surface area (Å²) < 4.78 is 1.68. The Labute approximate surface area is 130 Å². The summed E-state index contributed by atoms with van der Waals surface area (Å²) in [4.78, 5) is 12.0. The summed E-state index contributed by atoms with van der Waals surface area (Å²) in [5.74, 6) is 0. The molecule has 22 heavy (non-hydrogen) atoms. The van der Waals surface area contributed by atoms with Crippen LogP contribution in [0.4, 0.5) is 10.5 Å². The van der Waals surface area contributed by atoms with Crippen molar-refractivity contribution < 1.29 is 9.90 Å². The van der Waals surface area contributed by atoms with E-state index in [0.717, 1.165) is 5.69 Å². The van der Waals surface area contributed by atoms with Crippen LogP contribution < -0.4 is 10.6 Å². The largest absolute Gasteiger partial charge is 0.391 e. The zero-order valence-corrected chi connectivity index (χ0v) is 13.1. The highest BCUT2D eigenvalue weighted by Crippen LogP contribution is 2.20. The number of aliphatic hydroxyl groups excluding tert-OH is 1. The molecule has 118 valence electrons. The van der Waals surface area contributed by atoms with Crippen LogP contribution in [0.25, 0.3) is 5.69 Å². The maximum absolute atomic E-state index is 12.0. The van der Waals surface area contributed by atoms with Gasteiger partial charge in [-0.25, -0.2) is 9.48 Å². The third kappa shape index (κ3) is 4.08. The molecule has 0 aliphatic heterocycles. The number of amides is 2. The van der Waals surface area contributed by atoms with Gasteiger partial charge in [0.15, 0.2) is 0 Å². The minimum atomic E-state index is -0.611. The smallest absolute Gasteiger partial charge is 0.319 e.